The molecule has 17 nitrogen and oxygen atoms in total. The summed E-state index contributed by atoms with van der Waals surface area (Å²) >= 11 is 0. The molecule has 0 aromatic rings. The van der Waals surface area contributed by atoms with E-state index in [1.807, 2.05) is 0 Å². The van der Waals surface area contributed by atoms with Crippen molar-refractivity contribution < 1.29 is 80.2 Å². The SMILES string of the molecule is CCCCCCCCCCCCCCCCCCCCCCCC(=O)O[C@H](COC(=O)CCCCCCCCCCCCCCCCCCC)COP(=O)(O)OC[C@@H](O)COP(=O)(O)OC[C@@H](COC(=O)CCCCCCCCCC(C)C)OC(=O)CCCCCCCCCCCCC. The zero-order valence-corrected chi connectivity index (χ0v) is 66.4. The second-order valence-corrected chi connectivity index (χ2v) is 32.2. The third-order valence-electron chi connectivity index (χ3n) is 18.8. The normalized spacial score (nSPS) is 13.9. The third-order valence-corrected chi connectivity index (χ3v) is 20.7. The van der Waals surface area contributed by atoms with Gasteiger partial charge in [0, 0.05) is 25.7 Å². The Bertz CT molecular complexity index is 1890. The van der Waals surface area contributed by atoms with Gasteiger partial charge in [-0.25, -0.2) is 9.13 Å². The summed E-state index contributed by atoms with van der Waals surface area (Å²) in [5.74, 6) is -1.40. The van der Waals surface area contributed by atoms with Crippen LogP contribution >= 0.6 is 15.6 Å². The van der Waals surface area contributed by atoms with E-state index in [1.54, 1.807) is 0 Å². The van der Waals surface area contributed by atoms with Crippen LogP contribution in [0.3, 0.4) is 0 Å². The zero-order valence-electron chi connectivity index (χ0n) is 64.6. The Morgan fingerprint density at radius 3 is 0.687 bits per heavy atom. The first kappa shape index (κ1) is 97.1. The molecule has 3 N–H and O–H groups in total. The van der Waals surface area contributed by atoms with Crippen LogP contribution in [0, 0.1) is 5.92 Å². The van der Waals surface area contributed by atoms with E-state index in [4.69, 9.17) is 37.0 Å². The lowest BCUT2D eigenvalue weighted by Crippen LogP contribution is -2.30. The summed E-state index contributed by atoms with van der Waals surface area (Å²) in [6.45, 7) is 7.26. The van der Waals surface area contributed by atoms with Gasteiger partial charge in [0.2, 0.25) is 0 Å². The summed E-state index contributed by atoms with van der Waals surface area (Å²) in [4.78, 5) is 72.9. The first-order valence-electron chi connectivity index (χ1n) is 41.6. The van der Waals surface area contributed by atoms with Gasteiger partial charge in [0.1, 0.15) is 19.3 Å². The zero-order chi connectivity index (χ0) is 72.7. The predicted molar refractivity (Wildman–Crippen MR) is 405 cm³/mol. The number of unbranched alkanes of at least 4 members (excludes halogenated alkanes) is 52. The van der Waals surface area contributed by atoms with E-state index in [9.17, 15) is 43.2 Å². The average molecular weight is 1450 g/mol. The molecule has 19 heteroatoms. The molecular weight excluding hydrogens is 1290 g/mol. The Morgan fingerprint density at radius 1 is 0.273 bits per heavy atom. The first-order chi connectivity index (χ1) is 48.0. The van der Waals surface area contributed by atoms with Crippen LogP contribution in [0.15, 0.2) is 0 Å². The smallest absolute Gasteiger partial charge is 0.462 e. The summed E-state index contributed by atoms with van der Waals surface area (Å²) in [6.07, 6.45) is 64.0. The molecule has 0 aromatic carbocycles. The van der Waals surface area contributed by atoms with E-state index in [0.29, 0.717) is 31.6 Å². The molecule has 0 heterocycles. The molecule has 0 aliphatic rings. The summed E-state index contributed by atoms with van der Waals surface area (Å²) in [5, 5.41) is 10.6. The molecule has 0 saturated carbocycles. The summed E-state index contributed by atoms with van der Waals surface area (Å²) < 4.78 is 68.6. The minimum absolute atomic E-state index is 0.107. The Balaban J connectivity index is 5.20. The van der Waals surface area contributed by atoms with Crippen LogP contribution in [-0.4, -0.2) is 96.7 Å². The van der Waals surface area contributed by atoms with Crippen LogP contribution in [0.5, 0.6) is 0 Å². The van der Waals surface area contributed by atoms with Crippen LogP contribution in [0.25, 0.3) is 0 Å². The van der Waals surface area contributed by atoms with E-state index in [-0.39, 0.29) is 25.7 Å². The molecule has 0 aliphatic carbocycles. The minimum atomic E-state index is -4.96. The summed E-state index contributed by atoms with van der Waals surface area (Å²) in [5.41, 5.74) is 0. The Morgan fingerprint density at radius 2 is 0.465 bits per heavy atom. The van der Waals surface area contributed by atoms with Gasteiger partial charge >= 0.3 is 39.5 Å². The first-order valence-corrected chi connectivity index (χ1v) is 44.6. The van der Waals surface area contributed by atoms with Crippen molar-refractivity contribution in [2.45, 2.75) is 445 Å². The van der Waals surface area contributed by atoms with Gasteiger partial charge in [-0.1, -0.05) is 375 Å². The molecule has 0 aliphatic heterocycles. The molecule has 0 fully saturated rings. The monoisotopic (exact) mass is 1450 g/mol. The Hall–Kier alpha value is -1.94. The van der Waals surface area contributed by atoms with E-state index in [1.165, 1.54) is 244 Å². The minimum Gasteiger partial charge on any atom is -0.462 e. The Kier molecular flexibility index (Phi) is 71.6. The number of phosphoric ester groups is 2. The second kappa shape index (κ2) is 73.0. The largest absolute Gasteiger partial charge is 0.472 e. The molecule has 0 aromatic heterocycles. The topological polar surface area (TPSA) is 237 Å². The lowest BCUT2D eigenvalue weighted by Gasteiger charge is -2.21. The predicted octanol–water partition coefficient (Wildman–Crippen LogP) is 24.0. The average Bonchev–Trinajstić information content (AvgIpc) is 1.39. The number of ether oxygens (including phenoxy) is 4. The van der Waals surface area contributed by atoms with Gasteiger partial charge in [0.05, 0.1) is 26.4 Å². The van der Waals surface area contributed by atoms with Crippen LogP contribution in [0.2, 0.25) is 0 Å². The standard InChI is InChI=1S/C80H156O17P2/c1-6-9-12-15-18-21-24-26-28-30-31-32-33-35-37-39-42-45-50-56-61-66-80(85)96-75(69-90-77(82)63-58-53-48-43-41-38-36-34-29-27-25-22-19-16-13-10-7-2)71-94-98(86,87)92-67-74(81)68-93-99(88,89)95-72-76(70-91-78(83)64-59-54-51-46-47-52-57-62-73(4)5)97-79(84)65-60-55-49-44-40-23-20-17-14-11-8-3/h73-76,81H,6-72H2,1-5H3,(H,86,87)(H,88,89)/t74-,75-,76-/m1/s1. The number of carbonyl (C=O) groups is 4. The van der Waals surface area contributed by atoms with Gasteiger partial charge in [0.15, 0.2) is 12.2 Å². The lowest BCUT2D eigenvalue weighted by molar-refractivity contribution is -0.161. The highest BCUT2D eigenvalue weighted by molar-refractivity contribution is 7.47. The highest BCUT2D eigenvalue weighted by Crippen LogP contribution is 2.45. The number of carbonyl (C=O) groups excluding carboxylic acids is 4. The van der Waals surface area contributed by atoms with Gasteiger partial charge in [-0.3, -0.25) is 37.3 Å². The fourth-order valence-corrected chi connectivity index (χ4v) is 14.0. The van der Waals surface area contributed by atoms with Crippen LogP contribution in [-0.2, 0) is 65.4 Å². The second-order valence-electron chi connectivity index (χ2n) is 29.3. The van der Waals surface area contributed by atoms with E-state index in [2.05, 4.69) is 34.6 Å². The molecule has 0 amide bonds. The number of aliphatic hydroxyl groups is 1. The van der Waals surface area contributed by atoms with Gasteiger partial charge in [-0.15, -0.1) is 0 Å². The fraction of sp³-hybridized carbons (Fsp3) is 0.950. The van der Waals surface area contributed by atoms with E-state index >= 15 is 0 Å². The molecule has 2 unspecified atom stereocenters. The molecule has 588 valence electrons. The quantitative estimate of drug-likeness (QED) is 0.0222. The number of phosphoric acid groups is 2. The van der Waals surface area contributed by atoms with Gasteiger partial charge in [0.25, 0.3) is 0 Å². The molecule has 0 saturated heterocycles. The van der Waals surface area contributed by atoms with Crippen molar-refractivity contribution >= 4 is 39.5 Å². The molecule has 0 bridgehead atoms. The van der Waals surface area contributed by atoms with Gasteiger partial charge in [-0.05, 0) is 31.6 Å². The van der Waals surface area contributed by atoms with Crippen molar-refractivity contribution in [3.8, 4) is 0 Å². The number of esters is 4. The maximum atomic E-state index is 13.1. The summed E-state index contributed by atoms with van der Waals surface area (Å²) in [7, 11) is -9.91. The van der Waals surface area contributed by atoms with Crippen molar-refractivity contribution in [3.05, 3.63) is 0 Å². The van der Waals surface area contributed by atoms with Crippen LogP contribution in [0.1, 0.15) is 426 Å². The van der Waals surface area contributed by atoms with Crippen molar-refractivity contribution in [1.29, 1.82) is 0 Å². The molecule has 99 heavy (non-hydrogen) atoms. The van der Waals surface area contributed by atoms with E-state index in [0.717, 1.165) is 96.3 Å². The number of rotatable bonds is 80. The number of hydrogen-bond donors (Lipinski definition) is 3. The van der Waals surface area contributed by atoms with Crippen molar-refractivity contribution in [2.75, 3.05) is 39.6 Å². The van der Waals surface area contributed by atoms with Crippen LogP contribution < -0.4 is 0 Å². The lowest BCUT2D eigenvalue weighted by atomic mass is 10.0. The summed E-state index contributed by atoms with van der Waals surface area (Å²) in [6, 6.07) is 0. The Labute approximate surface area is 607 Å². The van der Waals surface area contributed by atoms with Gasteiger partial charge in [-0.2, -0.15) is 0 Å². The number of aliphatic hydroxyl groups excluding tert-OH is 1. The maximum Gasteiger partial charge on any atom is 0.472 e. The highest BCUT2D eigenvalue weighted by atomic mass is 31.2. The van der Waals surface area contributed by atoms with Crippen molar-refractivity contribution in [2.24, 2.45) is 5.92 Å². The maximum absolute atomic E-state index is 13.1. The van der Waals surface area contributed by atoms with E-state index < -0.39 is 97.5 Å². The highest BCUT2D eigenvalue weighted by Gasteiger charge is 2.30. The van der Waals surface area contributed by atoms with Crippen LogP contribution in [0.4, 0.5) is 0 Å². The van der Waals surface area contributed by atoms with Crippen molar-refractivity contribution in [3.63, 3.8) is 0 Å². The van der Waals surface area contributed by atoms with Gasteiger partial charge < -0.3 is 33.8 Å². The molecule has 0 radical (unpaired) electrons. The molecule has 0 rings (SSSR count). The van der Waals surface area contributed by atoms with Crippen molar-refractivity contribution in [1.82, 2.24) is 0 Å². The third kappa shape index (κ3) is 74.1. The fourth-order valence-electron chi connectivity index (χ4n) is 12.4. The molecule has 0 spiro atoms. The molecular formula is C80H156O17P2. The number of hydrogen-bond acceptors (Lipinski definition) is 15. The molecule has 5 atom stereocenters.